The Morgan fingerprint density at radius 1 is 1.38 bits per heavy atom. The zero-order chi connectivity index (χ0) is 10.1. The molecule has 0 aliphatic heterocycles. The maximum atomic E-state index is 4.93. The van der Waals surface area contributed by atoms with Crippen molar-refractivity contribution in [3.05, 3.63) is 23.3 Å². The Morgan fingerprint density at radius 2 is 2.00 bits per heavy atom. The summed E-state index contributed by atoms with van der Waals surface area (Å²) < 4.78 is 0. The summed E-state index contributed by atoms with van der Waals surface area (Å²) in [6, 6.07) is 0. The van der Waals surface area contributed by atoms with Gasteiger partial charge < -0.3 is 0 Å². The SMILES string of the molecule is CCCCC1=CCC=C1C.[Cl][Zr][Cl]. The van der Waals surface area contributed by atoms with Gasteiger partial charge in [-0.2, -0.15) is 0 Å². The quantitative estimate of drug-likeness (QED) is 0.700. The Labute approximate surface area is 100 Å². The van der Waals surface area contributed by atoms with Crippen LogP contribution in [0.5, 0.6) is 0 Å². The number of allylic oxidation sites excluding steroid dienone is 4. The van der Waals surface area contributed by atoms with E-state index in [4.69, 9.17) is 17.0 Å². The second kappa shape index (κ2) is 9.50. The first kappa shape index (κ1) is 13.9. The van der Waals surface area contributed by atoms with Crippen LogP contribution in [0.15, 0.2) is 23.3 Å². The zero-order valence-electron chi connectivity index (χ0n) is 8.24. The van der Waals surface area contributed by atoms with Gasteiger partial charge in [0, 0.05) is 0 Å². The van der Waals surface area contributed by atoms with Gasteiger partial charge in [-0.1, -0.05) is 31.1 Å². The molecule has 13 heavy (non-hydrogen) atoms. The molecule has 0 bridgehead atoms. The van der Waals surface area contributed by atoms with Gasteiger partial charge in [-0.25, -0.2) is 0 Å². The normalized spacial score (nSPS) is 14.2. The Morgan fingerprint density at radius 3 is 2.38 bits per heavy atom. The number of hydrogen-bond donors (Lipinski definition) is 0. The van der Waals surface area contributed by atoms with E-state index >= 15 is 0 Å². The molecule has 0 nitrogen and oxygen atoms in total. The van der Waals surface area contributed by atoms with E-state index in [-0.39, 0.29) is 0 Å². The molecule has 1 aliphatic carbocycles. The molecule has 0 aromatic heterocycles. The monoisotopic (exact) mass is 296 g/mol. The van der Waals surface area contributed by atoms with Crippen molar-refractivity contribution in [3.8, 4) is 0 Å². The molecule has 0 N–H and O–H groups in total. The second-order valence-corrected chi connectivity index (χ2v) is 6.76. The van der Waals surface area contributed by atoms with Crippen molar-refractivity contribution < 1.29 is 20.8 Å². The van der Waals surface area contributed by atoms with Crippen LogP contribution in [-0.4, -0.2) is 0 Å². The predicted molar refractivity (Wildman–Crippen MR) is 57.7 cm³/mol. The van der Waals surface area contributed by atoms with Crippen molar-refractivity contribution in [1.29, 1.82) is 0 Å². The van der Waals surface area contributed by atoms with Crippen LogP contribution < -0.4 is 0 Å². The summed E-state index contributed by atoms with van der Waals surface area (Å²) >= 11 is -0.826. The summed E-state index contributed by atoms with van der Waals surface area (Å²) in [5.74, 6) is 0. The van der Waals surface area contributed by atoms with Crippen LogP contribution in [0.25, 0.3) is 0 Å². The van der Waals surface area contributed by atoms with Gasteiger partial charge in [-0.3, -0.25) is 0 Å². The summed E-state index contributed by atoms with van der Waals surface area (Å²) in [7, 11) is 9.87. The first-order valence-electron chi connectivity index (χ1n) is 4.58. The second-order valence-electron chi connectivity index (χ2n) is 3.03. The standard InChI is InChI=1S/C10H16.2ClH.Zr/c1-3-4-7-10-8-5-6-9(10)2;;;/h6,8H,3-5,7H2,1-2H3;2*1H;/q;;;+2/p-2. The van der Waals surface area contributed by atoms with Gasteiger partial charge in [0.05, 0.1) is 0 Å². The number of rotatable bonds is 3. The molecule has 74 valence electrons. The fourth-order valence-corrected chi connectivity index (χ4v) is 1.34. The molecule has 0 heterocycles. The van der Waals surface area contributed by atoms with E-state index in [1.54, 1.807) is 5.57 Å². The fourth-order valence-electron chi connectivity index (χ4n) is 1.34. The summed E-state index contributed by atoms with van der Waals surface area (Å²) in [5.41, 5.74) is 3.09. The van der Waals surface area contributed by atoms with Crippen molar-refractivity contribution in [2.45, 2.75) is 39.5 Å². The van der Waals surface area contributed by atoms with E-state index in [9.17, 15) is 0 Å². The number of hydrogen-bond acceptors (Lipinski definition) is 0. The first-order chi connectivity index (χ1) is 6.26. The van der Waals surface area contributed by atoms with E-state index in [1.807, 2.05) is 0 Å². The molecule has 0 aromatic carbocycles. The molecule has 3 heteroatoms. The van der Waals surface area contributed by atoms with Gasteiger partial charge >= 0.3 is 37.9 Å². The van der Waals surface area contributed by atoms with Crippen LogP contribution in [0.1, 0.15) is 39.5 Å². The molecular formula is C10H16Cl2Zr. The van der Waals surface area contributed by atoms with Crippen molar-refractivity contribution in [3.63, 3.8) is 0 Å². The fraction of sp³-hybridized carbons (Fsp3) is 0.600. The third-order valence-electron chi connectivity index (χ3n) is 2.09. The summed E-state index contributed by atoms with van der Waals surface area (Å²) in [6.07, 6.45) is 9.78. The Balaban J connectivity index is 0.000000424. The van der Waals surface area contributed by atoms with Crippen LogP contribution in [0.3, 0.4) is 0 Å². The molecule has 0 atom stereocenters. The van der Waals surface area contributed by atoms with Gasteiger partial charge in [0.15, 0.2) is 0 Å². The average molecular weight is 298 g/mol. The molecule has 1 rings (SSSR count). The Bertz CT molecular complexity index is 185. The number of unbranched alkanes of at least 4 members (excludes halogenated alkanes) is 1. The molecule has 0 unspecified atom stereocenters. The van der Waals surface area contributed by atoms with Gasteiger partial charge in [0.1, 0.15) is 0 Å². The maximum absolute atomic E-state index is 4.93. The molecule has 0 fully saturated rings. The third-order valence-corrected chi connectivity index (χ3v) is 2.09. The predicted octanol–water partition coefficient (Wildman–Crippen LogP) is 4.83. The van der Waals surface area contributed by atoms with E-state index < -0.39 is 20.8 Å². The Hall–Kier alpha value is 0.943. The summed E-state index contributed by atoms with van der Waals surface area (Å²) in [5, 5.41) is 0. The summed E-state index contributed by atoms with van der Waals surface area (Å²) in [4.78, 5) is 0. The van der Waals surface area contributed by atoms with Crippen LogP contribution >= 0.6 is 17.0 Å². The first-order valence-corrected chi connectivity index (χ1v) is 10.9. The zero-order valence-corrected chi connectivity index (χ0v) is 12.2. The van der Waals surface area contributed by atoms with Crippen LogP contribution in [0.2, 0.25) is 0 Å². The van der Waals surface area contributed by atoms with E-state index in [2.05, 4.69) is 26.0 Å². The molecule has 1 aliphatic rings. The molecule has 0 aromatic rings. The van der Waals surface area contributed by atoms with Crippen molar-refractivity contribution in [2.75, 3.05) is 0 Å². The van der Waals surface area contributed by atoms with Crippen molar-refractivity contribution >= 4 is 17.0 Å². The third kappa shape index (κ3) is 6.94. The molecule has 0 saturated carbocycles. The van der Waals surface area contributed by atoms with Gasteiger partial charge in [-0.15, -0.1) is 0 Å². The molecule has 0 radical (unpaired) electrons. The topological polar surface area (TPSA) is 0 Å². The van der Waals surface area contributed by atoms with Gasteiger partial charge in [0.2, 0.25) is 0 Å². The Kier molecular flexibility index (Phi) is 10.2. The minimum atomic E-state index is -0.826. The van der Waals surface area contributed by atoms with Crippen LogP contribution in [-0.2, 0) is 20.8 Å². The average Bonchev–Trinajstić information content (AvgIpc) is 2.49. The van der Waals surface area contributed by atoms with Crippen LogP contribution in [0.4, 0.5) is 0 Å². The molecule has 0 amide bonds. The van der Waals surface area contributed by atoms with Crippen LogP contribution in [0, 0.1) is 0 Å². The van der Waals surface area contributed by atoms with E-state index in [0.29, 0.717) is 0 Å². The van der Waals surface area contributed by atoms with E-state index in [0.717, 1.165) is 0 Å². The molecular weight excluding hydrogens is 282 g/mol. The van der Waals surface area contributed by atoms with E-state index in [1.165, 1.54) is 31.3 Å². The number of halogens is 2. The minimum absolute atomic E-state index is 0.826. The molecule has 0 spiro atoms. The van der Waals surface area contributed by atoms with Crippen molar-refractivity contribution in [2.24, 2.45) is 0 Å². The van der Waals surface area contributed by atoms with Gasteiger partial charge in [-0.05, 0) is 31.8 Å². The summed E-state index contributed by atoms with van der Waals surface area (Å²) in [6.45, 7) is 4.46. The van der Waals surface area contributed by atoms with Crippen molar-refractivity contribution in [1.82, 2.24) is 0 Å². The van der Waals surface area contributed by atoms with Gasteiger partial charge in [0.25, 0.3) is 0 Å². The molecule has 0 saturated heterocycles.